The van der Waals surface area contributed by atoms with E-state index in [-0.39, 0.29) is 5.91 Å². The quantitative estimate of drug-likeness (QED) is 0.444. The molecule has 0 radical (unpaired) electrons. The van der Waals surface area contributed by atoms with Gasteiger partial charge in [0.25, 0.3) is 5.91 Å². The van der Waals surface area contributed by atoms with Crippen LogP contribution in [0.5, 0.6) is 0 Å². The summed E-state index contributed by atoms with van der Waals surface area (Å²) in [5.41, 5.74) is 4.61. The van der Waals surface area contributed by atoms with E-state index in [1.807, 2.05) is 23.1 Å². The van der Waals surface area contributed by atoms with Gasteiger partial charge >= 0.3 is 0 Å². The lowest BCUT2D eigenvalue weighted by atomic mass is 9.88. The average molecular weight is 413 g/mol. The van der Waals surface area contributed by atoms with Crippen molar-refractivity contribution in [3.8, 4) is 0 Å². The van der Waals surface area contributed by atoms with Crippen LogP contribution < -0.4 is 0 Å². The Kier molecular flexibility index (Phi) is 5.41. The molecular weight excluding hydrogens is 384 g/mol. The third kappa shape index (κ3) is 4.05. The molecule has 31 heavy (non-hydrogen) atoms. The van der Waals surface area contributed by atoms with Crippen LogP contribution in [-0.4, -0.2) is 31.9 Å². The first-order chi connectivity index (χ1) is 15.2. The Morgan fingerprint density at radius 2 is 1.77 bits per heavy atom. The van der Waals surface area contributed by atoms with Crippen molar-refractivity contribution in [2.24, 2.45) is 13.0 Å². The Bertz CT molecular complexity index is 1220. The van der Waals surface area contributed by atoms with Crippen molar-refractivity contribution in [1.29, 1.82) is 0 Å². The van der Waals surface area contributed by atoms with E-state index in [0.29, 0.717) is 18.0 Å². The molecule has 2 aromatic carbocycles. The van der Waals surface area contributed by atoms with E-state index in [4.69, 9.17) is 0 Å². The molecule has 0 saturated heterocycles. The second-order valence-corrected chi connectivity index (χ2v) is 8.70. The van der Waals surface area contributed by atoms with Gasteiger partial charge in [-0.05, 0) is 54.5 Å². The van der Waals surface area contributed by atoms with Crippen molar-refractivity contribution in [3.05, 3.63) is 72.2 Å². The zero-order valence-corrected chi connectivity index (χ0v) is 18.0. The van der Waals surface area contributed by atoms with E-state index < -0.39 is 0 Å². The molecule has 2 heterocycles. The smallest absolute Gasteiger partial charge is 0.254 e. The molecule has 0 N–H and O–H groups in total. The van der Waals surface area contributed by atoms with Gasteiger partial charge in [0.2, 0.25) is 0 Å². The first-order valence-electron chi connectivity index (χ1n) is 11.2. The van der Waals surface area contributed by atoms with Crippen LogP contribution >= 0.6 is 0 Å². The van der Waals surface area contributed by atoms with Crippen LogP contribution in [0.4, 0.5) is 0 Å². The zero-order chi connectivity index (χ0) is 21.2. The lowest BCUT2D eigenvalue weighted by Gasteiger charge is -2.30. The minimum atomic E-state index is 0.0726. The molecule has 1 amide bonds. The number of hydrogen-bond donors (Lipinski definition) is 0. The van der Waals surface area contributed by atoms with Gasteiger partial charge in [0.15, 0.2) is 0 Å². The molecule has 158 valence electrons. The summed E-state index contributed by atoms with van der Waals surface area (Å²) in [4.78, 5) is 24.4. The third-order valence-electron chi connectivity index (χ3n) is 6.61. The normalized spacial score (nSPS) is 14.9. The molecule has 0 bridgehead atoms. The highest BCUT2D eigenvalue weighted by atomic mass is 16.2. The Morgan fingerprint density at radius 1 is 1.00 bits per heavy atom. The van der Waals surface area contributed by atoms with E-state index in [1.54, 1.807) is 12.4 Å². The van der Waals surface area contributed by atoms with Gasteiger partial charge in [-0.1, -0.05) is 37.5 Å². The van der Waals surface area contributed by atoms with Gasteiger partial charge in [-0.3, -0.25) is 14.8 Å². The SMILES string of the molecule is Cn1c(CN(CC2CCCCC2)C(=O)c2ccc3nccnc3c2)cc2ccccc21. The number of carbonyl (C=O) groups excluding carboxylic acids is 1. The number of fused-ring (bicyclic) bond motifs is 2. The van der Waals surface area contributed by atoms with E-state index in [1.165, 1.54) is 43.0 Å². The van der Waals surface area contributed by atoms with Crippen molar-refractivity contribution in [2.75, 3.05) is 6.54 Å². The van der Waals surface area contributed by atoms with Gasteiger partial charge in [0, 0.05) is 42.8 Å². The Hall–Kier alpha value is -3.21. The fourth-order valence-corrected chi connectivity index (χ4v) is 4.87. The highest BCUT2D eigenvalue weighted by Gasteiger charge is 2.23. The summed E-state index contributed by atoms with van der Waals surface area (Å²) in [6.45, 7) is 1.41. The van der Waals surface area contributed by atoms with Crippen molar-refractivity contribution >= 4 is 27.8 Å². The van der Waals surface area contributed by atoms with Crippen LogP contribution in [0, 0.1) is 5.92 Å². The maximum absolute atomic E-state index is 13.7. The van der Waals surface area contributed by atoms with E-state index in [0.717, 1.165) is 23.3 Å². The summed E-state index contributed by atoms with van der Waals surface area (Å²) in [6.07, 6.45) is 9.63. The number of hydrogen-bond acceptors (Lipinski definition) is 3. The van der Waals surface area contributed by atoms with Crippen LogP contribution in [0.2, 0.25) is 0 Å². The molecule has 0 spiro atoms. The number of para-hydroxylation sites is 1. The van der Waals surface area contributed by atoms with Gasteiger partial charge < -0.3 is 9.47 Å². The lowest BCUT2D eigenvalue weighted by molar-refractivity contribution is 0.0695. The fourth-order valence-electron chi connectivity index (χ4n) is 4.87. The van der Waals surface area contributed by atoms with Crippen LogP contribution in [0.25, 0.3) is 21.9 Å². The van der Waals surface area contributed by atoms with Crippen molar-refractivity contribution in [3.63, 3.8) is 0 Å². The second-order valence-electron chi connectivity index (χ2n) is 8.70. The van der Waals surface area contributed by atoms with Crippen LogP contribution in [0.1, 0.15) is 48.2 Å². The Balaban J connectivity index is 1.47. The molecule has 5 nitrogen and oxygen atoms in total. The van der Waals surface area contributed by atoms with Gasteiger partial charge in [0.05, 0.1) is 17.6 Å². The van der Waals surface area contributed by atoms with Crippen LogP contribution in [0.15, 0.2) is 60.9 Å². The van der Waals surface area contributed by atoms with Gasteiger partial charge in [-0.2, -0.15) is 0 Å². The standard InChI is InChI=1S/C26H28N4O/c1-29-22(15-20-9-5-6-10-25(20)29)18-30(17-19-7-3-2-4-8-19)26(31)21-11-12-23-24(16-21)28-14-13-27-23/h5-6,9-16,19H,2-4,7-8,17-18H2,1H3. The molecular formula is C26H28N4O. The Labute approximate surface area is 182 Å². The summed E-state index contributed by atoms with van der Waals surface area (Å²) in [5, 5.41) is 1.21. The monoisotopic (exact) mass is 412 g/mol. The molecule has 1 saturated carbocycles. The molecule has 1 aliphatic carbocycles. The van der Waals surface area contributed by atoms with Crippen LogP contribution in [0.3, 0.4) is 0 Å². The largest absolute Gasteiger partial charge is 0.346 e. The van der Waals surface area contributed by atoms with Crippen LogP contribution in [-0.2, 0) is 13.6 Å². The molecule has 5 rings (SSSR count). The second kappa shape index (κ2) is 8.50. The molecule has 1 fully saturated rings. The Morgan fingerprint density at radius 3 is 2.58 bits per heavy atom. The summed E-state index contributed by atoms with van der Waals surface area (Å²) in [5.74, 6) is 0.649. The third-order valence-corrected chi connectivity index (χ3v) is 6.61. The first kappa shape index (κ1) is 19.7. The molecule has 0 unspecified atom stereocenters. The minimum Gasteiger partial charge on any atom is -0.346 e. The number of aryl methyl sites for hydroxylation is 1. The summed E-state index contributed by atoms with van der Waals surface area (Å²) < 4.78 is 2.21. The van der Waals surface area contributed by atoms with Crippen molar-refractivity contribution < 1.29 is 4.79 Å². The number of rotatable bonds is 5. The summed E-state index contributed by atoms with van der Waals surface area (Å²) in [6, 6.07) is 16.3. The summed E-state index contributed by atoms with van der Waals surface area (Å²) >= 11 is 0. The molecule has 0 aliphatic heterocycles. The molecule has 0 atom stereocenters. The van der Waals surface area contributed by atoms with Gasteiger partial charge in [-0.25, -0.2) is 0 Å². The number of benzene rings is 2. The van der Waals surface area contributed by atoms with Gasteiger partial charge in [0.1, 0.15) is 0 Å². The maximum Gasteiger partial charge on any atom is 0.254 e. The lowest BCUT2D eigenvalue weighted by Crippen LogP contribution is -2.36. The van der Waals surface area contributed by atoms with E-state index >= 15 is 0 Å². The van der Waals surface area contributed by atoms with E-state index in [2.05, 4.69) is 51.9 Å². The number of amides is 1. The molecule has 2 aromatic heterocycles. The molecule has 1 aliphatic rings. The number of nitrogens with zero attached hydrogens (tertiary/aromatic N) is 4. The van der Waals surface area contributed by atoms with Gasteiger partial charge in [-0.15, -0.1) is 0 Å². The predicted octanol–water partition coefficient (Wildman–Crippen LogP) is 5.34. The van der Waals surface area contributed by atoms with Crippen molar-refractivity contribution in [2.45, 2.75) is 38.6 Å². The molecule has 4 aromatic rings. The highest BCUT2D eigenvalue weighted by molar-refractivity contribution is 5.97. The number of carbonyl (C=O) groups is 1. The van der Waals surface area contributed by atoms with E-state index in [9.17, 15) is 4.79 Å². The maximum atomic E-state index is 13.7. The summed E-state index contributed by atoms with van der Waals surface area (Å²) in [7, 11) is 2.09. The number of aromatic nitrogens is 3. The highest BCUT2D eigenvalue weighted by Crippen LogP contribution is 2.27. The first-order valence-corrected chi connectivity index (χ1v) is 11.2. The average Bonchev–Trinajstić information content (AvgIpc) is 3.14. The minimum absolute atomic E-state index is 0.0726. The molecule has 5 heteroatoms. The topological polar surface area (TPSA) is 51.0 Å². The predicted molar refractivity (Wildman–Crippen MR) is 124 cm³/mol. The fraction of sp³-hybridized carbons (Fsp3) is 0.346. The van der Waals surface area contributed by atoms with Crippen molar-refractivity contribution in [1.82, 2.24) is 19.4 Å². The zero-order valence-electron chi connectivity index (χ0n) is 18.0.